The molecular formula is C18H17ClN4OS2. The Morgan fingerprint density at radius 1 is 1.50 bits per heavy atom. The van der Waals surface area contributed by atoms with Crippen molar-refractivity contribution in [3.63, 3.8) is 0 Å². The highest BCUT2D eigenvalue weighted by Gasteiger charge is 2.30. The number of aromatic nitrogens is 1. The lowest BCUT2D eigenvalue weighted by Gasteiger charge is -2.28. The third kappa shape index (κ3) is 3.31. The summed E-state index contributed by atoms with van der Waals surface area (Å²) in [5.41, 5.74) is 8.41. The highest BCUT2D eigenvalue weighted by Crippen LogP contribution is 2.42. The summed E-state index contributed by atoms with van der Waals surface area (Å²) in [5, 5.41) is 15.6. The summed E-state index contributed by atoms with van der Waals surface area (Å²) in [6.45, 7) is 1.88. The summed E-state index contributed by atoms with van der Waals surface area (Å²) < 4.78 is 6.41. The molecule has 4 rings (SSSR count). The number of ether oxygens (including phenoxy) is 1. The van der Waals surface area contributed by atoms with Gasteiger partial charge in [0.05, 0.1) is 22.6 Å². The molecule has 1 aliphatic rings. The number of thiophene rings is 2. The van der Waals surface area contributed by atoms with Gasteiger partial charge >= 0.3 is 0 Å². The first-order valence-electron chi connectivity index (χ1n) is 8.30. The smallest absolute Gasteiger partial charge is 0.131 e. The fraction of sp³-hybridized carbons (Fsp3) is 0.333. The second-order valence-corrected chi connectivity index (χ2v) is 8.66. The van der Waals surface area contributed by atoms with Crippen molar-refractivity contribution in [2.24, 2.45) is 5.73 Å². The number of anilines is 1. The third-order valence-corrected chi connectivity index (χ3v) is 6.93. The van der Waals surface area contributed by atoms with Crippen LogP contribution in [-0.2, 0) is 11.3 Å². The summed E-state index contributed by atoms with van der Waals surface area (Å²) in [6, 6.07) is 8.15. The van der Waals surface area contributed by atoms with Crippen LogP contribution in [0, 0.1) is 11.3 Å². The second-order valence-electron chi connectivity index (χ2n) is 6.19. The van der Waals surface area contributed by atoms with Gasteiger partial charge in [0.1, 0.15) is 16.7 Å². The molecule has 5 nitrogen and oxygen atoms in total. The van der Waals surface area contributed by atoms with Gasteiger partial charge in [-0.1, -0.05) is 17.7 Å². The van der Waals surface area contributed by atoms with E-state index in [4.69, 9.17) is 22.1 Å². The molecule has 3 aromatic rings. The SMILES string of the molecule is N#Cc1c([C@H]2CCOC[C@@H]2N)sc2c(NCc3cccs3)cc(Cl)nc12. The molecule has 2 atom stereocenters. The Labute approximate surface area is 164 Å². The molecule has 0 spiro atoms. The van der Waals surface area contributed by atoms with E-state index in [2.05, 4.69) is 27.8 Å². The fourth-order valence-corrected chi connectivity index (χ4v) is 5.47. The van der Waals surface area contributed by atoms with Crippen molar-refractivity contribution in [2.45, 2.75) is 24.9 Å². The van der Waals surface area contributed by atoms with Crippen LogP contribution in [0.5, 0.6) is 0 Å². The third-order valence-electron chi connectivity index (χ3n) is 4.52. The van der Waals surface area contributed by atoms with Gasteiger partial charge in [0.25, 0.3) is 0 Å². The lowest BCUT2D eigenvalue weighted by molar-refractivity contribution is 0.0703. The normalized spacial score (nSPS) is 20.2. The van der Waals surface area contributed by atoms with Crippen LogP contribution in [0.25, 0.3) is 10.2 Å². The molecule has 3 N–H and O–H groups in total. The lowest BCUT2D eigenvalue weighted by Crippen LogP contribution is -2.37. The molecule has 0 amide bonds. The number of nitrogens with two attached hydrogens (primary N) is 1. The van der Waals surface area contributed by atoms with Gasteiger partial charge in [0.2, 0.25) is 0 Å². The highest BCUT2D eigenvalue weighted by molar-refractivity contribution is 7.20. The number of rotatable bonds is 4. The molecule has 0 aliphatic carbocycles. The van der Waals surface area contributed by atoms with E-state index in [0.717, 1.165) is 21.7 Å². The van der Waals surface area contributed by atoms with Crippen LogP contribution in [0.15, 0.2) is 23.6 Å². The molecule has 0 radical (unpaired) electrons. The van der Waals surface area contributed by atoms with E-state index in [1.54, 1.807) is 22.7 Å². The molecule has 134 valence electrons. The monoisotopic (exact) mass is 404 g/mol. The minimum absolute atomic E-state index is 0.109. The Bertz CT molecular complexity index is 964. The number of nitrogens with zero attached hydrogens (tertiary/aromatic N) is 2. The van der Waals surface area contributed by atoms with Crippen molar-refractivity contribution in [3.05, 3.63) is 44.1 Å². The Morgan fingerprint density at radius 3 is 3.12 bits per heavy atom. The van der Waals surface area contributed by atoms with Crippen LogP contribution in [0.4, 0.5) is 5.69 Å². The summed E-state index contributed by atoms with van der Waals surface area (Å²) in [6.07, 6.45) is 0.814. The number of hydrogen-bond donors (Lipinski definition) is 2. The van der Waals surface area contributed by atoms with E-state index in [9.17, 15) is 5.26 Å². The van der Waals surface area contributed by atoms with Crippen molar-refractivity contribution in [1.29, 1.82) is 5.26 Å². The molecule has 1 aliphatic heterocycles. The molecule has 26 heavy (non-hydrogen) atoms. The van der Waals surface area contributed by atoms with E-state index >= 15 is 0 Å². The number of halogens is 1. The minimum Gasteiger partial charge on any atom is -0.380 e. The van der Waals surface area contributed by atoms with E-state index in [1.807, 2.05) is 12.1 Å². The van der Waals surface area contributed by atoms with Crippen molar-refractivity contribution in [3.8, 4) is 6.07 Å². The molecule has 3 aromatic heterocycles. The fourth-order valence-electron chi connectivity index (χ4n) is 3.23. The Hall–Kier alpha value is -1.69. The van der Waals surface area contributed by atoms with Crippen LogP contribution in [0.3, 0.4) is 0 Å². The predicted molar refractivity (Wildman–Crippen MR) is 107 cm³/mol. The molecule has 0 saturated carbocycles. The minimum atomic E-state index is -0.109. The molecule has 1 fully saturated rings. The molecule has 1 saturated heterocycles. The van der Waals surface area contributed by atoms with E-state index in [1.165, 1.54) is 4.88 Å². The first-order chi connectivity index (χ1) is 12.7. The van der Waals surface area contributed by atoms with Crippen molar-refractivity contribution >= 4 is 50.2 Å². The first-order valence-corrected chi connectivity index (χ1v) is 10.4. The average molecular weight is 405 g/mol. The molecule has 0 aromatic carbocycles. The van der Waals surface area contributed by atoms with Crippen LogP contribution in [0.1, 0.15) is 27.7 Å². The van der Waals surface area contributed by atoms with Gasteiger partial charge in [0.15, 0.2) is 0 Å². The second kappa shape index (κ2) is 7.51. The van der Waals surface area contributed by atoms with Gasteiger partial charge in [-0.3, -0.25) is 0 Å². The number of fused-ring (bicyclic) bond motifs is 1. The van der Waals surface area contributed by atoms with E-state index in [-0.39, 0.29) is 12.0 Å². The highest BCUT2D eigenvalue weighted by atomic mass is 35.5. The summed E-state index contributed by atoms with van der Waals surface area (Å²) in [7, 11) is 0. The van der Waals surface area contributed by atoms with Gasteiger partial charge in [-0.2, -0.15) is 5.26 Å². The molecule has 8 heteroatoms. The first kappa shape index (κ1) is 17.7. The molecular weight excluding hydrogens is 388 g/mol. The van der Waals surface area contributed by atoms with Gasteiger partial charge < -0.3 is 15.8 Å². The van der Waals surface area contributed by atoms with Crippen LogP contribution >= 0.6 is 34.3 Å². The topological polar surface area (TPSA) is 84.0 Å². The predicted octanol–water partition coefficient (Wildman–Crippen LogP) is 4.33. The largest absolute Gasteiger partial charge is 0.380 e. The van der Waals surface area contributed by atoms with Gasteiger partial charge in [-0.25, -0.2) is 4.98 Å². The maximum Gasteiger partial charge on any atom is 0.131 e. The lowest BCUT2D eigenvalue weighted by atomic mass is 9.92. The summed E-state index contributed by atoms with van der Waals surface area (Å²) in [4.78, 5) is 6.66. The Kier molecular flexibility index (Phi) is 5.11. The van der Waals surface area contributed by atoms with Gasteiger partial charge in [-0.15, -0.1) is 22.7 Å². The zero-order chi connectivity index (χ0) is 18.1. The van der Waals surface area contributed by atoms with Crippen LogP contribution < -0.4 is 11.1 Å². The van der Waals surface area contributed by atoms with Crippen molar-refractivity contribution in [2.75, 3.05) is 18.5 Å². The van der Waals surface area contributed by atoms with E-state index < -0.39 is 0 Å². The van der Waals surface area contributed by atoms with Crippen molar-refractivity contribution < 1.29 is 4.74 Å². The Morgan fingerprint density at radius 2 is 2.38 bits per heavy atom. The van der Waals surface area contributed by atoms with Gasteiger partial charge in [-0.05, 0) is 17.9 Å². The standard InChI is InChI=1S/C18H17ClN4OS2/c19-15-6-14(22-8-10-2-1-5-25-10)18-16(23-15)12(7-20)17(26-18)11-3-4-24-9-13(11)21/h1-2,5-6,11,13H,3-4,8-9,21H2,(H,22,23)/t11-,13-/m0/s1. The number of hydrogen-bond acceptors (Lipinski definition) is 7. The zero-order valence-corrected chi connectivity index (χ0v) is 16.3. The number of pyridine rings is 1. The molecule has 0 unspecified atom stereocenters. The maximum absolute atomic E-state index is 9.77. The summed E-state index contributed by atoms with van der Waals surface area (Å²) in [5.74, 6) is 0.113. The molecule has 4 heterocycles. The van der Waals surface area contributed by atoms with Crippen LogP contribution in [0.2, 0.25) is 5.15 Å². The van der Waals surface area contributed by atoms with Crippen molar-refractivity contribution in [1.82, 2.24) is 4.98 Å². The summed E-state index contributed by atoms with van der Waals surface area (Å²) >= 11 is 9.53. The van der Waals surface area contributed by atoms with Gasteiger partial charge in [0, 0.05) is 40.9 Å². The van der Waals surface area contributed by atoms with Crippen LogP contribution in [-0.4, -0.2) is 24.2 Å². The quantitative estimate of drug-likeness (QED) is 0.632. The zero-order valence-electron chi connectivity index (χ0n) is 13.9. The number of nitriles is 1. The Balaban J connectivity index is 1.77. The van der Waals surface area contributed by atoms with E-state index in [0.29, 0.717) is 36.0 Å². The number of nitrogens with one attached hydrogen (secondary N) is 1. The molecule has 0 bridgehead atoms. The maximum atomic E-state index is 9.77. The average Bonchev–Trinajstić information content (AvgIpc) is 3.27.